The highest BCUT2D eigenvalue weighted by Gasteiger charge is 2.17. The number of amides is 1. The maximum atomic E-state index is 12.0. The van der Waals surface area contributed by atoms with Crippen LogP contribution in [-0.4, -0.2) is 50.0 Å². The van der Waals surface area contributed by atoms with Crippen molar-refractivity contribution in [2.75, 3.05) is 44.9 Å². The molecule has 0 saturated carbocycles. The molecular weight excluding hydrogens is 264 g/mol. The van der Waals surface area contributed by atoms with Crippen molar-refractivity contribution >= 4 is 23.4 Å². The van der Waals surface area contributed by atoms with Gasteiger partial charge in [0.15, 0.2) is 0 Å². The van der Waals surface area contributed by atoms with Crippen molar-refractivity contribution in [1.82, 2.24) is 4.90 Å². The molecule has 0 atom stereocenters. The van der Waals surface area contributed by atoms with Gasteiger partial charge in [0.25, 0.3) is 0 Å². The van der Waals surface area contributed by atoms with Gasteiger partial charge in [-0.3, -0.25) is 4.79 Å². The Hall–Kier alpha value is -1.40. The largest absolute Gasteiger partial charge is 0.496 e. The summed E-state index contributed by atoms with van der Waals surface area (Å²) in [6.45, 7) is 2.61. The number of carbonyl (C=O) groups excluding carboxylic acids is 1. The first-order valence-corrected chi connectivity index (χ1v) is 7.11. The smallest absolute Gasteiger partial charge is 0.233 e. The Bertz CT molecular complexity index is 448. The fraction of sp³-hybridized carbons (Fsp3) is 0.462. The number of nitrogens with zero attached hydrogens (tertiary/aromatic N) is 1. The van der Waals surface area contributed by atoms with E-state index in [1.807, 2.05) is 17.0 Å². The van der Waals surface area contributed by atoms with E-state index in [2.05, 4.69) is 0 Å². The number of ether oxygens (including phenoxy) is 2. The number of thioether (sulfide) groups is 1. The van der Waals surface area contributed by atoms with Crippen molar-refractivity contribution in [3.8, 4) is 5.75 Å². The van der Waals surface area contributed by atoms with Crippen LogP contribution in [0.4, 0.5) is 5.69 Å². The predicted molar refractivity (Wildman–Crippen MR) is 75.5 cm³/mol. The Kier molecular flexibility index (Phi) is 4.93. The number of morpholine rings is 1. The molecule has 1 amide bonds. The zero-order valence-electron chi connectivity index (χ0n) is 10.9. The van der Waals surface area contributed by atoms with Gasteiger partial charge in [-0.25, -0.2) is 0 Å². The van der Waals surface area contributed by atoms with E-state index in [1.165, 1.54) is 11.8 Å². The Balaban J connectivity index is 1.92. The number of hydrogen-bond acceptors (Lipinski definition) is 5. The van der Waals surface area contributed by atoms with Crippen molar-refractivity contribution in [1.29, 1.82) is 0 Å². The van der Waals surface area contributed by atoms with Crippen LogP contribution in [0.1, 0.15) is 0 Å². The summed E-state index contributed by atoms with van der Waals surface area (Å²) in [5, 5.41) is 0. The molecule has 2 N–H and O–H groups in total. The van der Waals surface area contributed by atoms with Gasteiger partial charge in [-0.05, 0) is 12.1 Å². The molecule has 0 unspecified atom stereocenters. The third-order valence-electron chi connectivity index (χ3n) is 2.90. The molecule has 19 heavy (non-hydrogen) atoms. The molecule has 0 bridgehead atoms. The Morgan fingerprint density at radius 2 is 2.21 bits per heavy atom. The quantitative estimate of drug-likeness (QED) is 0.664. The van der Waals surface area contributed by atoms with Crippen molar-refractivity contribution in [2.45, 2.75) is 4.90 Å². The lowest BCUT2D eigenvalue weighted by Gasteiger charge is -2.26. The van der Waals surface area contributed by atoms with Gasteiger partial charge in [-0.2, -0.15) is 0 Å². The van der Waals surface area contributed by atoms with Gasteiger partial charge in [0.05, 0.1) is 26.1 Å². The van der Waals surface area contributed by atoms with E-state index < -0.39 is 0 Å². The molecule has 6 heteroatoms. The Morgan fingerprint density at radius 3 is 2.89 bits per heavy atom. The maximum Gasteiger partial charge on any atom is 0.233 e. The molecule has 1 heterocycles. The number of rotatable bonds is 4. The monoisotopic (exact) mass is 282 g/mol. The predicted octanol–water partition coefficient (Wildman–Crippen LogP) is 1.23. The minimum Gasteiger partial charge on any atom is -0.496 e. The van der Waals surface area contributed by atoms with E-state index in [9.17, 15) is 4.79 Å². The number of carbonyl (C=O) groups is 1. The number of anilines is 1. The molecule has 2 rings (SSSR count). The summed E-state index contributed by atoms with van der Waals surface area (Å²) in [6.07, 6.45) is 0. The third kappa shape index (κ3) is 3.78. The lowest BCUT2D eigenvalue weighted by Crippen LogP contribution is -2.41. The number of nitrogen functional groups attached to an aromatic ring is 1. The molecule has 1 aromatic rings. The SMILES string of the molecule is COc1cc(N)ccc1SCC(=O)N1CCOCC1. The third-order valence-corrected chi connectivity index (χ3v) is 3.94. The van der Waals surface area contributed by atoms with Crippen molar-refractivity contribution in [3.05, 3.63) is 18.2 Å². The van der Waals surface area contributed by atoms with Gasteiger partial charge in [-0.1, -0.05) is 0 Å². The Morgan fingerprint density at radius 1 is 1.47 bits per heavy atom. The first-order valence-electron chi connectivity index (χ1n) is 6.12. The molecule has 1 aliphatic rings. The van der Waals surface area contributed by atoms with Crippen molar-refractivity contribution < 1.29 is 14.3 Å². The van der Waals surface area contributed by atoms with E-state index in [1.54, 1.807) is 13.2 Å². The minimum atomic E-state index is 0.132. The maximum absolute atomic E-state index is 12.0. The van der Waals surface area contributed by atoms with Crippen LogP contribution in [0.15, 0.2) is 23.1 Å². The molecule has 0 aromatic heterocycles. The molecule has 1 fully saturated rings. The van der Waals surface area contributed by atoms with Crippen molar-refractivity contribution in [3.63, 3.8) is 0 Å². The number of benzene rings is 1. The van der Waals surface area contributed by atoms with Gasteiger partial charge in [0.1, 0.15) is 5.75 Å². The number of hydrogen-bond donors (Lipinski definition) is 1. The molecule has 0 spiro atoms. The molecule has 1 aromatic carbocycles. The van der Waals surface area contributed by atoms with Gasteiger partial charge in [0, 0.05) is 29.7 Å². The summed E-state index contributed by atoms with van der Waals surface area (Å²) in [4.78, 5) is 14.8. The molecule has 1 aliphatic heterocycles. The summed E-state index contributed by atoms with van der Waals surface area (Å²) >= 11 is 1.47. The first-order chi connectivity index (χ1) is 9.20. The van der Waals surface area contributed by atoms with Crippen LogP contribution in [0.5, 0.6) is 5.75 Å². The van der Waals surface area contributed by atoms with Crippen LogP contribution >= 0.6 is 11.8 Å². The summed E-state index contributed by atoms with van der Waals surface area (Å²) < 4.78 is 10.5. The molecule has 1 saturated heterocycles. The Labute approximate surface area is 117 Å². The molecule has 5 nitrogen and oxygen atoms in total. The highest BCUT2D eigenvalue weighted by molar-refractivity contribution is 8.00. The van der Waals surface area contributed by atoms with Crippen LogP contribution in [0.25, 0.3) is 0 Å². The van der Waals surface area contributed by atoms with E-state index in [0.717, 1.165) is 4.90 Å². The summed E-state index contributed by atoms with van der Waals surface area (Å²) in [5.74, 6) is 1.24. The van der Waals surface area contributed by atoms with Gasteiger partial charge in [-0.15, -0.1) is 11.8 Å². The molecule has 0 radical (unpaired) electrons. The average molecular weight is 282 g/mol. The number of methoxy groups -OCH3 is 1. The van der Waals surface area contributed by atoms with Crippen LogP contribution in [0, 0.1) is 0 Å². The van der Waals surface area contributed by atoms with Crippen LogP contribution in [0.2, 0.25) is 0 Å². The second-order valence-electron chi connectivity index (χ2n) is 4.19. The number of nitrogens with two attached hydrogens (primary N) is 1. The van der Waals surface area contributed by atoms with Crippen LogP contribution in [0.3, 0.4) is 0 Å². The summed E-state index contributed by atoms with van der Waals surface area (Å²) in [5.41, 5.74) is 6.35. The standard InChI is InChI=1S/C13H18N2O3S/c1-17-11-8-10(14)2-3-12(11)19-9-13(16)15-4-6-18-7-5-15/h2-3,8H,4-7,9,14H2,1H3. The average Bonchev–Trinajstić information content (AvgIpc) is 2.46. The molecular formula is C13H18N2O3S. The highest BCUT2D eigenvalue weighted by atomic mass is 32.2. The van der Waals surface area contributed by atoms with E-state index in [4.69, 9.17) is 15.2 Å². The first kappa shape index (κ1) is 14.0. The topological polar surface area (TPSA) is 64.8 Å². The van der Waals surface area contributed by atoms with Gasteiger partial charge >= 0.3 is 0 Å². The van der Waals surface area contributed by atoms with Gasteiger partial charge in [0.2, 0.25) is 5.91 Å². The zero-order valence-corrected chi connectivity index (χ0v) is 11.7. The molecule has 104 valence electrons. The fourth-order valence-corrected chi connectivity index (χ4v) is 2.76. The summed E-state index contributed by atoms with van der Waals surface area (Å²) in [7, 11) is 1.60. The van der Waals surface area contributed by atoms with Crippen molar-refractivity contribution in [2.24, 2.45) is 0 Å². The zero-order chi connectivity index (χ0) is 13.7. The lowest BCUT2D eigenvalue weighted by molar-refractivity contribution is -0.132. The van der Waals surface area contributed by atoms with Crippen LogP contribution < -0.4 is 10.5 Å². The normalized spacial score (nSPS) is 15.3. The highest BCUT2D eigenvalue weighted by Crippen LogP contribution is 2.31. The lowest BCUT2D eigenvalue weighted by atomic mass is 10.3. The van der Waals surface area contributed by atoms with Gasteiger partial charge < -0.3 is 20.1 Å². The summed E-state index contributed by atoms with van der Waals surface area (Å²) in [6, 6.07) is 5.46. The van der Waals surface area contributed by atoms with E-state index in [-0.39, 0.29) is 5.91 Å². The van der Waals surface area contributed by atoms with Crippen LogP contribution in [-0.2, 0) is 9.53 Å². The second-order valence-corrected chi connectivity index (χ2v) is 5.21. The molecule has 0 aliphatic carbocycles. The fourth-order valence-electron chi connectivity index (χ4n) is 1.85. The van der Waals surface area contributed by atoms with E-state index >= 15 is 0 Å². The van der Waals surface area contributed by atoms with E-state index in [0.29, 0.717) is 43.5 Å². The second kappa shape index (κ2) is 6.68. The minimum absolute atomic E-state index is 0.132.